The standard InChI is InChI=1S/C22H23FN6O2/c1-27-21-15(10-25-27)8-16(11-24-21)26-18-6-2-4-14-12-28(22(31)20(14)18)13-19(30)29-7-3-5-17(29)9-23/h2,4,6,8,10-11,17,26H,3,5,7,9,12-13H2,1H3/t17-/m0/s1. The monoisotopic (exact) mass is 422 g/mol. The predicted molar refractivity (Wildman–Crippen MR) is 114 cm³/mol. The highest BCUT2D eigenvalue weighted by Crippen LogP contribution is 2.32. The molecule has 1 saturated heterocycles. The Morgan fingerprint density at radius 1 is 1.32 bits per heavy atom. The maximum absolute atomic E-state index is 13.2. The number of nitrogens with one attached hydrogen (secondary N) is 1. The van der Waals surface area contributed by atoms with E-state index in [0.29, 0.717) is 30.8 Å². The topological polar surface area (TPSA) is 83.4 Å². The van der Waals surface area contributed by atoms with E-state index in [2.05, 4.69) is 15.4 Å². The van der Waals surface area contributed by atoms with Crippen LogP contribution in [0.2, 0.25) is 0 Å². The van der Waals surface area contributed by atoms with Crippen LogP contribution in [0.3, 0.4) is 0 Å². The van der Waals surface area contributed by atoms with Gasteiger partial charge >= 0.3 is 0 Å². The average molecular weight is 422 g/mol. The lowest BCUT2D eigenvalue weighted by atomic mass is 10.1. The second-order valence-electron chi connectivity index (χ2n) is 8.07. The first-order chi connectivity index (χ1) is 15.0. The van der Waals surface area contributed by atoms with Gasteiger partial charge in [-0.15, -0.1) is 0 Å². The molecule has 2 aliphatic heterocycles. The quantitative estimate of drug-likeness (QED) is 0.684. The fraction of sp³-hybridized carbons (Fsp3) is 0.364. The maximum Gasteiger partial charge on any atom is 0.257 e. The number of rotatable bonds is 5. The van der Waals surface area contributed by atoms with Crippen LogP contribution in [0.1, 0.15) is 28.8 Å². The van der Waals surface area contributed by atoms with Crippen molar-refractivity contribution in [2.45, 2.75) is 25.4 Å². The molecule has 8 nitrogen and oxygen atoms in total. The Morgan fingerprint density at radius 2 is 2.19 bits per heavy atom. The van der Waals surface area contributed by atoms with E-state index >= 15 is 0 Å². The van der Waals surface area contributed by atoms with Gasteiger partial charge in [0.2, 0.25) is 5.91 Å². The van der Waals surface area contributed by atoms with Crippen LogP contribution in [0.4, 0.5) is 15.8 Å². The van der Waals surface area contributed by atoms with Gasteiger partial charge < -0.3 is 15.1 Å². The summed E-state index contributed by atoms with van der Waals surface area (Å²) in [6.45, 7) is 0.346. The van der Waals surface area contributed by atoms with Gasteiger partial charge in [0.05, 0.1) is 35.4 Å². The molecule has 3 aromatic rings. The molecule has 0 unspecified atom stereocenters. The van der Waals surface area contributed by atoms with Gasteiger partial charge in [-0.05, 0) is 30.5 Å². The van der Waals surface area contributed by atoms with Crippen LogP contribution >= 0.6 is 0 Å². The number of carbonyl (C=O) groups is 2. The molecule has 0 radical (unpaired) electrons. The molecular weight excluding hydrogens is 399 g/mol. The summed E-state index contributed by atoms with van der Waals surface area (Å²) < 4.78 is 14.9. The highest BCUT2D eigenvalue weighted by atomic mass is 19.1. The zero-order chi connectivity index (χ0) is 21.5. The van der Waals surface area contributed by atoms with E-state index in [4.69, 9.17) is 0 Å². The number of anilines is 2. The van der Waals surface area contributed by atoms with Gasteiger partial charge in [0.25, 0.3) is 5.91 Å². The minimum atomic E-state index is -0.538. The Bertz CT molecular complexity index is 1180. The molecule has 0 saturated carbocycles. The Balaban J connectivity index is 1.35. The van der Waals surface area contributed by atoms with Crippen LogP contribution in [0.5, 0.6) is 0 Å². The van der Waals surface area contributed by atoms with Crippen molar-refractivity contribution in [2.24, 2.45) is 7.05 Å². The Hall–Kier alpha value is -3.49. The molecule has 2 amide bonds. The molecule has 1 N–H and O–H groups in total. The number of fused-ring (bicyclic) bond motifs is 2. The van der Waals surface area contributed by atoms with Gasteiger partial charge in [-0.2, -0.15) is 5.10 Å². The molecule has 2 aliphatic rings. The lowest BCUT2D eigenvalue weighted by molar-refractivity contribution is -0.133. The van der Waals surface area contributed by atoms with E-state index in [1.165, 1.54) is 4.90 Å². The average Bonchev–Trinajstić information content (AvgIpc) is 3.47. The molecule has 9 heteroatoms. The number of aromatic nitrogens is 3. The summed E-state index contributed by atoms with van der Waals surface area (Å²) in [5.41, 5.74) is 3.62. The van der Waals surface area contributed by atoms with Crippen molar-refractivity contribution in [3.8, 4) is 0 Å². The van der Waals surface area contributed by atoms with Crippen LogP contribution in [0, 0.1) is 0 Å². The zero-order valence-electron chi connectivity index (χ0n) is 17.2. The summed E-state index contributed by atoms with van der Waals surface area (Å²) in [7, 11) is 1.83. The molecule has 1 aromatic carbocycles. The number of amides is 2. The number of aryl methyl sites for hydroxylation is 1. The van der Waals surface area contributed by atoms with E-state index in [9.17, 15) is 14.0 Å². The van der Waals surface area contributed by atoms with Gasteiger partial charge in [0.1, 0.15) is 13.2 Å². The Morgan fingerprint density at radius 3 is 3.03 bits per heavy atom. The smallest absolute Gasteiger partial charge is 0.257 e. The third kappa shape index (κ3) is 3.39. The Kier molecular flexibility index (Phi) is 4.80. The minimum absolute atomic E-state index is 0.0351. The normalized spacial score (nSPS) is 18.1. The number of hydrogen-bond donors (Lipinski definition) is 1. The third-order valence-electron chi connectivity index (χ3n) is 6.07. The van der Waals surface area contributed by atoms with Crippen LogP contribution < -0.4 is 5.32 Å². The number of nitrogens with zero attached hydrogens (tertiary/aromatic N) is 5. The van der Waals surface area contributed by atoms with Gasteiger partial charge in [-0.25, -0.2) is 9.37 Å². The summed E-state index contributed by atoms with van der Waals surface area (Å²) in [6.07, 6.45) is 4.93. The first-order valence-corrected chi connectivity index (χ1v) is 10.4. The molecule has 5 rings (SSSR count). The summed E-state index contributed by atoms with van der Waals surface area (Å²) >= 11 is 0. The summed E-state index contributed by atoms with van der Waals surface area (Å²) in [4.78, 5) is 33.4. The van der Waals surface area contributed by atoms with Crippen molar-refractivity contribution in [3.05, 3.63) is 47.8 Å². The first kappa shape index (κ1) is 19.5. The van der Waals surface area contributed by atoms with Crippen molar-refractivity contribution in [3.63, 3.8) is 0 Å². The number of likely N-dealkylation sites (tertiary alicyclic amines) is 1. The SMILES string of the molecule is Cn1ncc2cc(Nc3cccc4c3C(=O)N(CC(=O)N3CCC[C@H]3CF)C4)cnc21. The summed E-state index contributed by atoms with van der Waals surface area (Å²) in [5, 5.41) is 8.39. The lowest BCUT2D eigenvalue weighted by Gasteiger charge is -2.25. The highest BCUT2D eigenvalue weighted by molar-refractivity contribution is 6.05. The molecule has 4 heterocycles. The van der Waals surface area contributed by atoms with E-state index in [1.807, 2.05) is 31.3 Å². The number of carbonyl (C=O) groups excluding carboxylic acids is 2. The molecule has 1 fully saturated rings. The zero-order valence-corrected chi connectivity index (χ0v) is 17.2. The molecule has 1 atom stereocenters. The van der Waals surface area contributed by atoms with Gasteiger partial charge in [-0.3, -0.25) is 14.3 Å². The molecule has 0 bridgehead atoms. The van der Waals surface area contributed by atoms with Crippen LogP contribution in [-0.4, -0.2) is 62.2 Å². The largest absolute Gasteiger partial charge is 0.354 e. The molecule has 0 aliphatic carbocycles. The summed E-state index contributed by atoms with van der Waals surface area (Å²) in [6, 6.07) is 7.19. The first-order valence-electron chi connectivity index (χ1n) is 10.4. The molecule has 2 aromatic heterocycles. The van der Waals surface area contributed by atoms with Crippen molar-refractivity contribution in [1.29, 1.82) is 0 Å². The van der Waals surface area contributed by atoms with Crippen LogP contribution in [-0.2, 0) is 18.4 Å². The van der Waals surface area contributed by atoms with Crippen LogP contribution in [0.25, 0.3) is 11.0 Å². The fourth-order valence-corrected chi connectivity index (χ4v) is 4.50. The molecule has 31 heavy (non-hydrogen) atoms. The van der Waals surface area contributed by atoms with E-state index in [-0.39, 0.29) is 24.4 Å². The minimum Gasteiger partial charge on any atom is -0.354 e. The number of halogens is 1. The number of alkyl halides is 1. The van der Waals surface area contributed by atoms with Crippen LogP contribution in [0.15, 0.2) is 36.7 Å². The fourth-order valence-electron chi connectivity index (χ4n) is 4.50. The van der Waals surface area contributed by atoms with E-state index in [1.54, 1.807) is 22.0 Å². The van der Waals surface area contributed by atoms with E-state index < -0.39 is 6.67 Å². The van der Waals surface area contributed by atoms with Gasteiger partial charge in [0, 0.05) is 25.5 Å². The summed E-state index contributed by atoms with van der Waals surface area (Å²) in [5.74, 6) is -0.389. The van der Waals surface area contributed by atoms with Crippen molar-refractivity contribution < 1.29 is 14.0 Å². The molecule has 0 spiro atoms. The number of benzene rings is 1. The molecule has 160 valence electrons. The lowest BCUT2D eigenvalue weighted by Crippen LogP contribution is -2.43. The number of hydrogen-bond acceptors (Lipinski definition) is 5. The predicted octanol–water partition coefficient (Wildman–Crippen LogP) is 2.63. The number of pyridine rings is 1. The van der Waals surface area contributed by atoms with Crippen molar-refractivity contribution in [1.82, 2.24) is 24.6 Å². The van der Waals surface area contributed by atoms with Gasteiger partial charge in [0.15, 0.2) is 5.65 Å². The molecular formula is C22H23FN6O2. The second kappa shape index (κ2) is 7.64. The van der Waals surface area contributed by atoms with Crippen molar-refractivity contribution in [2.75, 3.05) is 25.1 Å². The third-order valence-corrected chi connectivity index (χ3v) is 6.07. The van der Waals surface area contributed by atoms with Crippen molar-refractivity contribution >= 4 is 34.2 Å². The second-order valence-corrected chi connectivity index (χ2v) is 8.07. The van der Waals surface area contributed by atoms with E-state index in [0.717, 1.165) is 28.7 Å². The van der Waals surface area contributed by atoms with Gasteiger partial charge in [-0.1, -0.05) is 12.1 Å². The maximum atomic E-state index is 13.2. The highest BCUT2D eigenvalue weighted by Gasteiger charge is 2.35. The Labute approximate surface area is 178 Å².